The fourth-order valence-corrected chi connectivity index (χ4v) is 2.46. The van der Waals surface area contributed by atoms with E-state index >= 15 is 0 Å². The molecule has 2 rings (SSSR count). The van der Waals surface area contributed by atoms with Crippen LogP contribution in [-0.2, 0) is 11.2 Å². The number of nitrogens with one attached hydrogen (secondary N) is 2. The summed E-state index contributed by atoms with van der Waals surface area (Å²) in [7, 11) is 0. The Morgan fingerprint density at radius 1 is 1.59 bits per heavy atom. The zero-order valence-electron chi connectivity index (χ0n) is 9.73. The van der Waals surface area contributed by atoms with Crippen LogP contribution in [0.5, 0.6) is 0 Å². The molecule has 1 aliphatic heterocycles. The van der Waals surface area contributed by atoms with Crippen molar-refractivity contribution in [3.05, 3.63) is 5.01 Å². The molecule has 1 aliphatic rings. The van der Waals surface area contributed by atoms with Crippen molar-refractivity contribution < 1.29 is 4.79 Å². The van der Waals surface area contributed by atoms with E-state index in [9.17, 15) is 4.79 Å². The number of carbonyl (C=O) groups excluding carboxylic acids is 1. The number of rotatable bonds is 4. The molecule has 0 saturated carbocycles. The molecule has 17 heavy (non-hydrogen) atoms. The largest absolute Gasteiger partial charge is 0.316 e. The molecule has 1 saturated heterocycles. The topological polar surface area (TPSA) is 66.9 Å². The minimum absolute atomic E-state index is 0. The highest BCUT2D eigenvalue weighted by Gasteiger charge is 2.18. The van der Waals surface area contributed by atoms with Gasteiger partial charge in [0.25, 0.3) is 0 Å². The van der Waals surface area contributed by atoms with E-state index in [1.807, 2.05) is 6.92 Å². The average molecular weight is 277 g/mol. The van der Waals surface area contributed by atoms with Gasteiger partial charge in [0.15, 0.2) is 0 Å². The summed E-state index contributed by atoms with van der Waals surface area (Å²) in [6.45, 7) is 4.00. The van der Waals surface area contributed by atoms with Gasteiger partial charge >= 0.3 is 0 Å². The smallest absolute Gasteiger partial charge is 0.226 e. The van der Waals surface area contributed by atoms with E-state index in [1.165, 1.54) is 11.3 Å². The van der Waals surface area contributed by atoms with Gasteiger partial charge in [-0.15, -0.1) is 22.6 Å². The number of carbonyl (C=O) groups is 1. The number of aryl methyl sites for hydroxylation is 1. The first-order valence-electron chi connectivity index (χ1n) is 5.61. The van der Waals surface area contributed by atoms with Gasteiger partial charge in [-0.25, -0.2) is 0 Å². The molecular formula is C10H17ClN4OS. The molecule has 0 spiro atoms. The van der Waals surface area contributed by atoms with Crippen LogP contribution in [0.25, 0.3) is 0 Å². The predicted octanol–water partition coefficient (Wildman–Crippen LogP) is 1.46. The minimum atomic E-state index is 0. The van der Waals surface area contributed by atoms with Crippen molar-refractivity contribution in [2.45, 2.75) is 26.2 Å². The molecule has 1 aromatic rings. The first-order valence-corrected chi connectivity index (χ1v) is 6.42. The fraction of sp³-hybridized carbons (Fsp3) is 0.700. The Morgan fingerprint density at radius 2 is 2.41 bits per heavy atom. The average Bonchev–Trinajstić information content (AvgIpc) is 2.89. The number of amides is 1. The van der Waals surface area contributed by atoms with E-state index in [1.54, 1.807) is 0 Å². The van der Waals surface area contributed by atoms with Crippen LogP contribution in [0.1, 0.15) is 24.8 Å². The van der Waals surface area contributed by atoms with Crippen molar-refractivity contribution in [2.75, 3.05) is 18.4 Å². The van der Waals surface area contributed by atoms with E-state index in [4.69, 9.17) is 0 Å². The molecule has 2 N–H and O–H groups in total. The van der Waals surface area contributed by atoms with Gasteiger partial charge in [-0.05, 0) is 31.8 Å². The molecule has 0 radical (unpaired) electrons. The number of anilines is 1. The van der Waals surface area contributed by atoms with E-state index < -0.39 is 0 Å². The monoisotopic (exact) mass is 276 g/mol. The molecule has 0 bridgehead atoms. The van der Waals surface area contributed by atoms with Crippen molar-refractivity contribution >= 4 is 34.8 Å². The van der Waals surface area contributed by atoms with Gasteiger partial charge < -0.3 is 10.6 Å². The van der Waals surface area contributed by atoms with Crippen molar-refractivity contribution in [2.24, 2.45) is 5.92 Å². The fourth-order valence-electron chi connectivity index (χ4n) is 1.77. The van der Waals surface area contributed by atoms with Crippen LogP contribution in [-0.4, -0.2) is 29.2 Å². The molecule has 0 aliphatic carbocycles. The van der Waals surface area contributed by atoms with Crippen molar-refractivity contribution in [3.63, 3.8) is 0 Å². The van der Waals surface area contributed by atoms with Gasteiger partial charge in [0.2, 0.25) is 11.0 Å². The summed E-state index contributed by atoms with van der Waals surface area (Å²) < 4.78 is 0. The van der Waals surface area contributed by atoms with Crippen LogP contribution in [0, 0.1) is 5.92 Å². The minimum Gasteiger partial charge on any atom is -0.316 e. The summed E-state index contributed by atoms with van der Waals surface area (Å²) in [5, 5.41) is 15.5. The van der Waals surface area contributed by atoms with Crippen molar-refractivity contribution in [1.82, 2.24) is 15.5 Å². The zero-order chi connectivity index (χ0) is 11.4. The Bertz CT molecular complexity index is 365. The Labute approximate surface area is 111 Å². The van der Waals surface area contributed by atoms with Gasteiger partial charge in [-0.3, -0.25) is 4.79 Å². The predicted molar refractivity (Wildman–Crippen MR) is 70.8 cm³/mol. The Kier molecular flexibility index (Phi) is 5.80. The molecular weight excluding hydrogens is 260 g/mol. The molecule has 1 atom stereocenters. The quantitative estimate of drug-likeness (QED) is 0.874. The van der Waals surface area contributed by atoms with Gasteiger partial charge in [-0.2, -0.15) is 0 Å². The first-order chi connectivity index (χ1) is 7.78. The normalized spacial score (nSPS) is 18.8. The molecule has 5 nitrogen and oxygen atoms in total. The number of hydrogen-bond acceptors (Lipinski definition) is 5. The second-order valence-electron chi connectivity index (χ2n) is 3.97. The highest BCUT2D eigenvalue weighted by Crippen LogP contribution is 2.17. The van der Waals surface area contributed by atoms with Crippen molar-refractivity contribution in [3.8, 4) is 0 Å². The molecule has 0 aromatic carbocycles. The van der Waals surface area contributed by atoms with Crippen LogP contribution < -0.4 is 10.6 Å². The maximum atomic E-state index is 11.7. The maximum Gasteiger partial charge on any atom is 0.226 e. The molecule has 1 amide bonds. The number of halogens is 1. The summed E-state index contributed by atoms with van der Waals surface area (Å²) in [6.07, 6.45) is 2.53. The lowest BCUT2D eigenvalue weighted by Crippen LogP contribution is -2.18. The van der Waals surface area contributed by atoms with E-state index in [2.05, 4.69) is 20.8 Å². The first kappa shape index (κ1) is 14.3. The third-order valence-corrected chi connectivity index (χ3v) is 3.64. The lowest BCUT2D eigenvalue weighted by atomic mass is 10.1. The summed E-state index contributed by atoms with van der Waals surface area (Å²) >= 11 is 1.45. The SMILES string of the molecule is CCc1nnc(NC(=O)CC2CCNC2)s1.Cl. The molecule has 1 fully saturated rings. The lowest BCUT2D eigenvalue weighted by molar-refractivity contribution is -0.116. The highest BCUT2D eigenvalue weighted by atomic mass is 35.5. The molecule has 7 heteroatoms. The molecule has 1 unspecified atom stereocenters. The number of hydrogen-bond donors (Lipinski definition) is 2. The van der Waals surface area contributed by atoms with Gasteiger partial charge in [0.1, 0.15) is 5.01 Å². The van der Waals surface area contributed by atoms with Crippen LogP contribution in [0.3, 0.4) is 0 Å². The molecule has 1 aromatic heterocycles. The lowest BCUT2D eigenvalue weighted by Gasteiger charge is -2.06. The van der Waals surface area contributed by atoms with Crippen LogP contribution in [0.15, 0.2) is 0 Å². The van der Waals surface area contributed by atoms with Crippen molar-refractivity contribution in [1.29, 1.82) is 0 Å². The van der Waals surface area contributed by atoms with Gasteiger partial charge in [0.05, 0.1) is 0 Å². The van der Waals surface area contributed by atoms with Gasteiger partial charge in [-0.1, -0.05) is 18.3 Å². The van der Waals surface area contributed by atoms with Crippen LogP contribution >= 0.6 is 23.7 Å². The third kappa shape index (κ3) is 4.22. The summed E-state index contributed by atoms with van der Waals surface area (Å²) in [5.41, 5.74) is 0. The van der Waals surface area contributed by atoms with E-state index in [-0.39, 0.29) is 18.3 Å². The Hall–Kier alpha value is -0.720. The Balaban J connectivity index is 0.00000144. The number of aromatic nitrogens is 2. The number of nitrogens with zero attached hydrogens (tertiary/aromatic N) is 2. The second kappa shape index (κ2) is 6.88. The maximum absolute atomic E-state index is 11.7. The van der Waals surface area contributed by atoms with Crippen LogP contribution in [0.4, 0.5) is 5.13 Å². The van der Waals surface area contributed by atoms with E-state index in [0.717, 1.165) is 30.9 Å². The standard InChI is InChI=1S/C10H16N4OS.ClH/c1-2-9-13-14-10(16-9)12-8(15)5-7-3-4-11-6-7;/h7,11H,2-6H2,1H3,(H,12,14,15);1H. The molecule has 96 valence electrons. The summed E-state index contributed by atoms with van der Waals surface area (Å²) in [5.74, 6) is 0.520. The second-order valence-corrected chi connectivity index (χ2v) is 5.03. The summed E-state index contributed by atoms with van der Waals surface area (Å²) in [6, 6.07) is 0. The summed E-state index contributed by atoms with van der Waals surface area (Å²) in [4.78, 5) is 11.7. The van der Waals surface area contributed by atoms with Crippen LogP contribution in [0.2, 0.25) is 0 Å². The van der Waals surface area contributed by atoms with Gasteiger partial charge in [0, 0.05) is 6.42 Å². The molecule has 2 heterocycles. The highest BCUT2D eigenvalue weighted by molar-refractivity contribution is 7.15. The zero-order valence-corrected chi connectivity index (χ0v) is 11.4. The third-order valence-electron chi connectivity index (χ3n) is 2.65. The van der Waals surface area contributed by atoms with E-state index in [0.29, 0.717) is 17.5 Å². The Morgan fingerprint density at radius 3 is 3.00 bits per heavy atom.